The number of rotatable bonds is 6. The number of hydrogen-bond acceptors (Lipinski definition) is 3. The summed E-state index contributed by atoms with van der Waals surface area (Å²) in [4.78, 5) is 12.0. The fraction of sp³-hybridized carbons (Fsp3) is 0.933. The average Bonchev–Trinajstić information content (AvgIpc) is 2.41. The van der Waals surface area contributed by atoms with E-state index >= 15 is 0 Å². The van der Waals surface area contributed by atoms with Crippen molar-refractivity contribution in [3.8, 4) is 0 Å². The maximum Gasteiger partial charge on any atom is 0.246 e. The maximum atomic E-state index is 12.0. The highest BCUT2D eigenvalue weighted by molar-refractivity contribution is 5.77. The van der Waals surface area contributed by atoms with Gasteiger partial charge in [-0.1, -0.05) is 26.2 Å². The van der Waals surface area contributed by atoms with Gasteiger partial charge in [-0.05, 0) is 32.1 Å². The molecule has 0 radical (unpaired) electrons. The third-order valence-electron chi connectivity index (χ3n) is 4.55. The molecule has 19 heavy (non-hydrogen) atoms. The lowest BCUT2D eigenvalue weighted by Gasteiger charge is -2.39. The van der Waals surface area contributed by atoms with E-state index < -0.39 is 0 Å². The Hall–Kier alpha value is -0.610. The van der Waals surface area contributed by atoms with Crippen LogP contribution >= 0.6 is 0 Å². The molecular formula is C15H28N2O2. The predicted octanol–water partition coefficient (Wildman–Crippen LogP) is 1.84. The SMILES string of the molecule is CCC(NC(=O)COC1(C)CNC1)C1CCCCC1. The van der Waals surface area contributed by atoms with Crippen LogP contribution < -0.4 is 10.6 Å². The molecule has 2 aliphatic rings. The molecule has 1 unspecified atom stereocenters. The van der Waals surface area contributed by atoms with Crippen LogP contribution in [0.2, 0.25) is 0 Å². The summed E-state index contributed by atoms with van der Waals surface area (Å²) in [6.07, 6.45) is 7.54. The van der Waals surface area contributed by atoms with Crippen molar-refractivity contribution >= 4 is 5.91 Å². The van der Waals surface area contributed by atoms with Crippen molar-refractivity contribution in [3.05, 3.63) is 0 Å². The standard InChI is InChI=1S/C15H28N2O2/c1-3-13(12-7-5-4-6-8-12)17-14(18)9-19-15(2)10-16-11-15/h12-13,16H,3-11H2,1-2H3,(H,17,18). The van der Waals surface area contributed by atoms with E-state index in [0.29, 0.717) is 12.0 Å². The molecule has 2 rings (SSSR count). The number of amides is 1. The third-order valence-corrected chi connectivity index (χ3v) is 4.55. The van der Waals surface area contributed by atoms with Gasteiger partial charge in [-0.15, -0.1) is 0 Å². The van der Waals surface area contributed by atoms with Gasteiger partial charge in [-0.2, -0.15) is 0 Å². The van der Waals surface area contributed by atoms with Crippen LogP contribution in [0.1, 0.15) is 52.4 Å². The van der Waals surface area contributed by atoms with Crippen LogP contribution in [0.5, 0.6) is 0 Å². The number of ether oxygens (including phenoxy) is 1. The molecule has 1 saturated heterocycles. The molecule has 1 atom stereocenters. The second-order valence-electron chi connectivity index (χ2n) is 6.32. The first-order valence-electron chi connectivity index (χ1n) is 7.77. The van der Waals surface area contributed by atoms with Gasteiger partial charge in [0.05, 0.1) is 5.60 Å². The minimum Gasteiger partial charge on any atom is -0.363 e. The average molecular weight is 268 g/mol. The van der Waals surface area contributed by atoms with Gasteiger partial charge in [-0.25, -0.2) is 0 Å². The van der Waals surface area contributed by atoms with E-state index in [4.69, 9.17) is 4.74 Å². The summed E-state index contributed by atoms with van der Waals surface area (Å²) in [5, 5.41) is 6.35. The lowest BCUT2D eigenvalue weighted by Crippen LogP contribution is -2.60. The van der Waals surface area contributed by atoms with E-state index in [2.05, 4.69) is 24.5 Å². The molecule has 0 spiro atoms. The molecule has 0 bridgehead atoms. The third kappa shape index (κ3) is 4.18. The van der Waals surface area contributed by atoms with Crippen molar-refractivity contribution in [2.24, 2.45) is 5.92 Å². The smallest absolute Gasteiger partial charge is 0.246 e. The van der Waals surface area contributed by atoms with Gasteiger partial charge in [0.2, 0.25) is 5.91 Å². The Morgan fingerprint density at radius 1 is 1.37 bits per heavy atom. The lowest BCUT2D eigenvalue weighted by molar-refractivity contribution is -0.137. The van der Waals surface area contributed by atoms with E-state index in [0.717, 1.165) is 19.5 Å². The van der Waals surface area contributed by atoms with Gasteiger partial charge in [0.1, 0.15) is 6.61 Å². The fourth-order valence-electron chi connectivity index (χ4n) is 3.16. The van der Waals surface area contributed by atoms with E-state index in [9.17, 15) is 4.79 Å². The normalized spacial score (nSPS) is 24.5. The zero-order valence-corrected chi connectivity index (χ0v) is 12.3. The van der Waals surface area contributed by atoms with Crippen molar-refractivity contribution in [1.82, 2.24) is 10.6 Å². The Bertz CT molecular complexity index is 297. The summed E-state index contributed by atoms with van der Waals surface area (Å²) in [6.45, 7) is 6.11. The monoisotopic (exact) mass is 268 g/mol. The summed E-state index contributed by atoms with van der Waals surface area (Å²) in [6, 6.07) is 0.337. The van der Waals surface area contributed by atoms with E-state index in [1.807, 2.05) is 0 Å². The molecular weight excluding hydrogens is 240 g/mol. The molecule has 1 saturated carbocycles. The van der Waals surface area contributed by atoms with Gasteiger partial charge in [0.25, 0.3) is 0 Å². The molecule has 1 amide bonds. The summed E-state index contributed by atoms with van der Waals surface area (Å²) >= 11 is 0. The lowest BCUT2D eigenvalue weighted by atomic mass is 9.83. The second kappa shape index (κ2) is 6.71. The van der Waals surface area contributed by atoms with E-state index in [1.54, 1.807) is 0 Å². The molecule has 0 aromatic rings. The van der Waals surface area contributed by atoms with Crippen LogP contribution in [0.25, 0.3) is 0 Å². The topological polar surface area (TPSA) is 50.4 Å². The first-order valence-corrected chi connectivity index (χ1v) is 7.77. The quantitative estimate of drug-likeness (QED) is 0.773. The van der Waals surface area contributed by atoms with Crippen LogP contribution in [0, 0.1) is 5.92 Å². The van der Waals surface area contributed by atoms with Gasteiger partial charge >= 0.3 is 0 Å². The van der Waals surface area contributed by atoms with Crippen LogP contribution in [0.4, 0.5) is 0 Å². The Balaban J connectivity index is 1.72. The largest absolute Gasteiger partial charge is 0.363 e. The van der Waals surface area contributed by atoms with E-state index in [1.165, 1.54) is 32.1 Å². The number of carbonyl (C=O) groups excluding carboxylic acids is 1. The summed E-state index contributed by atoms with van der Waals surface area (Å²) in [7, 11) is 0. The molecule has 1 aliphatic heterocycles. The molecule has 2 fully saturated rings. The highest BCUT2D eigenvalue weighted by Crippen LogP contribution is 2.27. The van der Waals surface area contributed by atoms with Crippen molar-refractivity contribution in [3.63, 3.8) is 0 Å². The first-order chi connectivity index (χ1) is 9.13. The van der Waals surface area contributed by atoms with Crippen molar-refractivity contribution in [2.45, 2.75) is 64.0 Å². The molecule has 2 N–H and O–H groups in total. The van der Waals surface area contributed by atoms with Crippen molar-refractivity contribution < 1.29 is 9.53 Å². The number of carbonyl (C=O) groups is 1. The molecule has 0 aromatic heterocycles. The molecule has 110 valence electrons. The zero-order valence-electron chi connectivity index (χ0n) is 12.3. The molecule has 4 nitrogen and oxygen atoms in total. The Kier molecular flexibility index (Phi) is 5.22. The van der Waals surface area contributed by atoms with Crippen molar-refractivity contribution in [1.29, 1.82) is 0 Å². The summed E-state index contributed by atoms with van der Waals surface area (Å²) in [5.41, 5.74) is -0.135. The highest BCUT2D eigenvalue weighted by Gasteiger charge is 2.33. The Labute approximate surface area is 116 Å². The number of nitrogens with one attached hydrogen (secondary N) is 2. The summed E-state index contributed by atoms with van der Waals surface area (Å²) < 4.78 is 5.69. The first kappa shape index (κ1) is 14.8. The van der Waals surface area contributed by atoms with E-state index in [-0.39, 0.29) is 18.1 Å². The minimum atomic E-state index is -0.135. The van der Waals surface area contributed by atoms with Gasteiger partial charge in [0.15, 0.2) is 0 Å². The number of hydrogen-bond donors (Lipinski definition) is 2. The zero-order chi connectivity index (χ0) is 13.7. The Morgan fingerprint density at radius 3 is 2.58 bits per heavy atom. The van der Waals surface area contributed by atoms with Gasteiger partial charge in [-0.3, -0.25) is 4.79 Å². The summed E-state index contributed by atoms with van der Waals surface area (Å²) in [5.74, 6) is 0.717. The van der Waals surface area contributed by atoms with Crippen LogP contribution in [-0.2, 0) is 9.53 Å². The molecule has 4 heteroatoms. The molecule has 0 aromatic carbocycles. The van der Waals surface area contributed by atoms with Crippen molar-refractivity contribution in [2.75, 3.05) is 19.7 Å². The van der Waals surface area contributed by atoms with Gasteiger partial charge in [0, 0.05) is 19.1 Å². The minimum absolute atomic E-state index is 0.0468. The molecule has 1 heterocycles. The Morgan fingerprint density at radius 2 is 2.05 bits per heavy atom. The predicted molar refractivity (Wildman–Crippen MR) is 76.0 cm³/mol. The van der Waals surface area contributed by atoms with Crippen LogP contribution in [0.3, 0.4) is 0 Å². The van der Waals surface area contributed by atoms with Crippen LogP contribution in [-0.4, -0.2) is 37.2 Å². The van der Waals surface area contributed by atoms with Gasteiger partial charge < -0.3 is 15.4 Å². The maximum absolute atomic E-state index is 12.0. The molecule has 1 aliphatic carbocycles. The highest BCUT2D eigenvalue weighted by atomic mass is 16.5. The second-order valence-corrected chi connectivity index (χ2v) is 6.32. The van der Waals surface area contributed by atoms with Crippen LogP contribution in [0.15, 0.2) is 0 Å². The fourth-order valence-corrected chi connectivity index (χ4v) is 3.16.